The topological polar surface area (TPSA) is 87.9 Å². The van der Waals surface area contributed by atoms with Crippen LogP contribution in [0.15, 0.2) is 37.1 Å². The molecule has 1 atom stereocenters. The molecule has 7 nitrogen and oxygen atoms in total. The molecule has 2 aromatic heterocycles. The summed E-state index contributed by atoms with van der Waals surface area (Å²) in [6.07, 6.45) is 6.00. The zero-order chi connectivity index (χ0) is 18.5. The Balaban J connectivity index is 0.000000152. The Morgan fingerprint density at radius 3 is 2.81 bits per heavy atom. The van der Waals surface area contributed by atoms with Crippen LogP contribution in [0.3, 0.4) is 0 Å². The summed E-state index contributed by atoms with van der Waals surface area (Å²) < 4.78 is 2.02. The van der Waals surface area contributed by atoms with Crippen molar-refractivity contribution >= 4 is 22.5 Å². The average Bonchev–Trinajstić information content (AvgIpc) is 3.06. The SMILES string of the molecule is CC(C)n1cnc2cncnc21.CCC(CO)Nc1cccc2c1CN2. The fourth-order valence-corrected chi connectivity index (χ4v) is 2.81. The van der Waals surface area contributed by atoms with Crippen molar-refractivity contribution in [2.24, 2.45) is 0 Å². The summed E-state index contributed by atoms with van der Waals surface area (Å²) >= 11 is 0. The monoisotopic (exact) mass is 354 g/mol. The molecular weight excluding hydrogens is 328 g/mol. The molecule has 0 spiro atoms. The van der Waals surface area contributed by atoms with Gasteiger partial charge < -0.3 is 20.3 Å². The first-order valence-corrected chi connectivity index (χ1v) is 8.99. The van der Waals surface area contributed by atoms with E-state index < -0.39 is 0 Å². The normalized spacial score (nSPS) is 13.3. The Morgan fingerprint density at radius 1 is 1.31 bits per heavy atom. The van der Waals surface area contributed by atoms with E-state index in [2.05, 4.69) is 58.5 Å². The van der Waals surface area contributed by atoms with E-state index in [0.29, 0.717) is 6.04 Å². The lowest BCUT2D eigenvalue weighted by molar-refractivity contribution is 0.272. The number of nitrogens with one attached hydrogen (secondary N) is 2. The van der Waals surface area contributed by atoms with Gasteiger partial charge in [-0.15, -0.1) is 0 Å². The number of benzene rings is 1. The highest BCUT2D eigenvalue weighted by Gasteiger charge is 2.17. The molecule has 26 heavy (non-hydrogen) atoms. The van der Waals surface area contributed by atoms with Crippen molar-refractivity contribution in [3.8, 4) is 0 Å². The Kier molecular flexibility index (Phi) is 5.68. The van der Waals surface area contributed by atoms with Gasteiger partial charge in [0.1, 0.15) is 11.8 Å². The van der Waals surface area contributed by atoms with E-state index in [1.54, 1.807) is 18.9 Å². The molecule has 0 saturated carbocycles. The minimum Gasteiger partial charge on any atom is -0.394 e. The van der Waals surface area contributed by atoms with Crippen LogP contribution in [0.1, 0.15) is 38.8 Å². The summed E-state index contributed by atoms with van der Waals surface area (Å²) in [5.41, 5.74) is 5.45. The second-order valence-electron chi connectivity index (χ2n) is 6.59. The molecule has 3 aromatic rings. The fraction of sp³-hybridized carbons (Fsp3) is 0.421. The fourth-order valence-electron chi connectivity index (χ4n) is 2.81. The number of aliphatic hydroxyl groups excluding tert-OH is 1. The summed E-state index contributed by atoms with van der Waals surface area (Å²) in [5.74, 6) is 0. The molecule has 1 aromatic carbocycles. The van der Waals surface area contributed by atoms with Crippen LogP contribution in [0.4, 0.5) is 11.4 Å². The molecule has 4 rings (SSSR count). The van der Waals surface area contributed by atoms with Crippen LogP contribution in [0.2, 0.25) is 0 Å². The van der Waals surface area contributed by atoms with Gasteiger partial charge in [0.2, 0.25) is 0 Å². The highest BCUT2D eigenvalue weighted by molar-refractivity contribution is 5.72. The third-order valence-electron chi connectivity index (χ3n) is 4.50. The van der Waals surface area contributed by atoms with Crippen molar-refractivity contribution in [1.29, 1.82) is 0 Å². The zero-order valence-electron chi connectivity index (χ0n) is 15.5. The number of hydrogen-bond acceptors (Lipinski definition) is 6. The standard InChI is InChI=1S/C11H16N2O.C8H10N4/c1-2-8(7-14)13-11-5-3-4-10-9(11)6-12-10;1-6(2)12-5-11-7-3-9-4-10-8(7)12/h3-5,8,12-14H,2,6-7H2,1H3;3-6H,1-2H3. The maximum atomic E-state index is 9.09. The van der Waals surface area contributed by atoms with Gasteiger partial charge >= 0.3 is 0 Å². The molecule has 3 heterocycles. The highest BCUT2D eigenvalue weighted by Crippen LogP contribution is 2.32. The van der Waals surface area contributed by atoms with Crippen molar-refractivity contribution < 1.29 is 5.11 Å². The molecular formula is C19H26N6O. The van der Waals surface area contributed by atoms with Gasteiger partial charge in [0.25, 0.3) is 0 Å². The number of fused-ring (bicyclic) bond motifs is 2. The number of imidazole rings is 1. The second kappa shape index (κ2) is 8.14. The Labute approximate surface area is 153 Å². The molecule has 3 N–H and O–H groups in total. The first-order chi connectivity index (χ1) is 12.6. The number of nitrogens with zero attached hydrogens (tertiary/aromatic N) is 4. The summed E-state index contributed by atoms with van der Waals surface area (Å²) in [6.45, 7) is 7.39. The molecule has 0 saturated heterocycles. The van der Waals surface area contributed by atoms with E-state index in [9.17, 15) is 0 Å². The molecule has 0 radical (unpaired) electrons. The van der Waals surface area contributed by atoms with Gasteiger partial charge in [-0.1, -0.05) is 13.0 Å². The maximum Gasteiger partial charge on any atom is 0.163 e. The summed E-state index contributed by atoms with van der Waals surface area (Å²) in [7, 11) is 0. The van der Waals surface area contributed by atoms with Crippen molar-refractivity contribution in [3.63, 3.8) is 0 Å². The highest BCUT2D eigenvalue weighted by atomic mass is 16.3. The Bertz CT molecular complexity index is 856. The van der Waals surface area contributed by atoms with Gasteiger partial charge in [-0.05, 0) is 32.4 Å². The summed E-state index contributed by atoms with van der Waals surface area (Å²) in [6, 6.07) is 6.73. The van der Waals surface area contributed by atoms with Crippen LogP contribution in [0, 0.1) is 0 Å². The lowest BCUT2D eigenvalue weighted by atomic mass is 10.0. The predicted molar refractivity (Wildman–Crippen MR) is 104 cm³/mol. The van der Waals surface area contributed by atoms with E-state index in [4.69, 9.17) is 5.11 Å². The molecule has 138 valence electrons. The minimum atomic E-state index is 0.169. The molecule has 0 fully saturated rings. The first kappa shape index (κ1) is 18.1. The third-order valence-corrected chi connectivity index (χ3v) is 4.50. The number of rotatable bonds is 5. The zero-order valence-corrected chi connectivity index (χ0v) is 15.5. The van der Waals surface area contributed by atoms with Crippen molar-refractivity contribution in [2.45, 2.75) is 45.8 Å². The molecule has 0 aliphatic carbocycles. The third kappa shape index (κ3) is 3.77. The second-order valence-corrected chi connectivity index (χ2v) is 6.59. The number of aromatic nitrogens is 4. The van der Waals surface area contributed by atoms with E-state index >= 15 is 0 Å². The van der Waals surface area contributed by atoms with Crippen LogP contribution >= 0.6 is 0 Å². The van der Waals surface area contributed by atoms with Crippen LogP contribution in [-0.2, 0) is 6.54 Å². The smallest absolute Gasteiger partial charge is 0.163 e. The summed E-state index contributed by atoms with van der Waals surface area (Å²) in [4.78, 5) is 12.2. The number of anilines is 2. The van der Waals surface area contributed by atoms with Gasteiger partial charge in [0.05, 0.1) is 19.1 Å². The van der Waals surface area contributed by atoms with Crippen LogP contribution in [0.25, 0.3) is 11.2 Å². The Hall–Kier alpha value is -2.67. The lowest BCUT2D eigenvalue weighted by Crippen LogP contribution is -2.25. The van der Waals surface area contributed by atoms with Crippen LogP contribution in [-0.4, -0.2) is 37.3 Å². The quantitative estimate of drug-likeness (QED) is 0.652. The summed E-state index contributed by atoms with van der Waals surface area (Å²) in [5, 5.41) is 15.7. The van der Waals surface area contributed by atoms with Gasteiger partial charge in [-0.3, -0.25) is 0 Å². The van der Waals surface area contributed by atoms with Gasteiger partial charge in [0.15, 0.2) is 5.65 Å². The average molecular weight is 354 g/mol. The van der Waals surface area contributed by atoms with Crippen molar-refractivity contribution in [1.82, 2.24) is 19.5 Å². The van der Waals surface area contributed by atoms with Crippen molar-refractivity contribution in [2.75, 3.05) is 17.2 Å². The van der Waals surface area contributed by atoms with Gasteiger partial charge in [0, 0.05) is 35.6 Å². The molecule has 1 aliphatic heterocycles. The van der Waals surface area contributed by atoms with Crippen molar-refractivity contribution in [3.05, 3.63) is 42.6 Å². The maximum absolute atomic E-state index is 9.09. The molecule has 0 bridgehead atoms. The van der Waals surface area contributed by atoms with Gasteiger partial charge in [-0.25, -0.2) is 15.0 Å². The molecule has 1 unspecified atom stereocenters. The predicted octanol–water partition coefficient (Wildman–Crippen LogP) is 3.20. The lowest BCUT2D eigenvalue weighted by Gasteiger charge is -2.27. The number of aliphatic hydroxyl groups is 1. The van der Waals surface area contributed by atoms with Gasteiger partial charge in [-0.2, -0.15) is 0 Å². The van der Waals surface area contributed by atoms with E-state index in [0.717, 1.165) is 29.8 Å². The molecule has 0 amide bonds. The minimum absolute atomic E-state index is 0.169. The number of hydrogen-bond donors (Lipinski definition) is 3. The largest absolute Gasteiger partial charge is 0.394 e. The Morgan fingerprint density at radius 2 is 2.15 bits per heavy atom. The van der Waals surface area contributed by atoms with E-state index in [-0.39, 0.29) is 12.6 Å². The molecule has 1 aliphatic rings. The van der Waals surface area contributed by atoms with E-state index in [1.807, 2.05) is 10.6 Å². The van der Waals surface area contributed by atoms with E-state index in [1.165, 1.54) is 11.3 Å². The van der Waals surface area contributed by atoms with Crippen LogP contribution < -0.4 is 10.6 Å². The first-order valence-electron chi connectivity index (χ1n) is 8.99. The molecule has 7 heteroatoms. The van der Waals surface area contributed by atoms with Crippen LogP contribution in [0.5, 0.6) is 0 Å².